The van der Waals surface area contributed by atoms with E-state index in [9.17, 15) is 8.42 Å². The molecule has 1 aromatic heterocycles. The molecule has 0 unspecified atom stereocenters. The summed E-state index contributed by atoms with van der Waals surface area (Å²) in [6.45, 7) is 4.75. The van der Waals surface area contributed by atoms with Gasteiger partial charge in [-0.2, -0.15) is 0 Å². The Morgan fingerprint density at radius 1 is 1.35 bits per heavy atom. The number of pyridine rings is 1. The number of hydrogen-bond acceptors (Lipinski definition) is 5. The van der Waals surface area contributed by atoms with Crippen molar-refractivity contribution in [3.05, 3.63) is 18.3 Å². The summed E-state index contributed by atoms with van der Waals surface area (Å²) in [5.74, 6) is 0.647. The van der Waals surface area contributed by atoms with Gasteiger partial charge in [-0.25, -0.2) is 18.5 Å². The van der Waals surface area contributed by atoms with Gasteiger partial charge in [0.25, 0.3) is 0 Å². The number of primary sulfonamides is 1. The van der Waals surface area contributed by atoms with Gasteiger partial charge in [-0.15, -0.1) is 0 Å². The molecule has 0 fully saturated rings. The number of rotatable bonds is 7. The van der Waals surface area contributed by atoms with Gasteiger partial charge in [0, 0.05) is 12.7 Å². The van der Waals surface area contributed by atoms with Crippen molar-refractivity contribution in [2.75, 3.05) is 25.0 Å². The maximum absolute atomic E-state index is 11.0. The maximum Gasteiger partial charge on any atom is 0.239 e. The van der Waals surface area contributed by atoms with E-state index in [2.05, 4.69) is 22.5 Å². The first kappa shape index (κ1) is 13.9. The van der Waals surface area contributed by atoms with Crippen LogP contribution in [0.5, 0.6) is 0 Å². The van der Waals surface area contributed by atoms with Gasteiger partial charge in [-0.05, 0) is 31.6 Å². The van der Waals surface area contributed by atoms with Crippen molar-refractivity contribution in [3.8, 4) is 0 Å². The number of nitrogens with zero attached hydrogens (tertiary/aromatic N) is 1. The van der Waals surface area contributed by atoms with E-state index in [1.165, 1.54) is 12.3 Å². The molecule has 0 aliphatic carbocycles. The van der Waals surface area contributed by atoms with Crippen molar-refractivity contribution in [1.82, 2.24) is 10.3 Å². The normalized spacial score (nSPS) is 11.4. The molecule has 0 saturated heterocycles. The number of nitrogens with one attached hydrogen (secondary N) is 2. The van der Waals surface area contributed by atoms with Gasteiger partial charge in [0.1, 0.15) is 10.7 Å². The van der Waals surface area contributed by atoms with Crippen molar-refractivity contribution < 1.29 is 8.42 Å². The second-order valence-corrected chi connectivity index (χ2v) is 5.12. The van der Waals surface area contributed by atoms with Crippen LogP contribution in [-0.2, 0) is 10.0 Å². The van der Waals surface area contributed by atoms with Crippen LogP contribution in [0.3, 0.4) is 0 Å². The van der Waals surface area contributed by atoms with Crippen molar-refractivity contribution in [3.63, 3.8) is 0 Å². The smallest absolute Gasteiger partial charge is 0.239 e. The summed E-state index contributed by atoms with van der Waals surface area (Å²) < 4.78 is 22.0. The third kappa shape index (κ3) is 5.12. The second kappa shape index (κ2) is 6.53. The average Bonchev–Trinajstić information content (AvgIpc) is 2.28. The standard InChI is InChI=1S/C10H18N4O2S/c1-2-12-6-3-7-13-10-5-4-9(8-14-10)17(11,15)16/h4-5,8,12H,2-3,6-7H2,1H3,(H,13,14)(H2,11,15,16). The average molecular weight is 258 g/mol. The molecule has 0 aliphatic heterocycles. The lowest BCUT2D eigenvalue weighted by Gasteiger charge is -2.06. The molecule has 1 rings (SSSR count). The first-order valence-corrected chi connectivity index (χ1v) is 7.02. The van der Waals surface area contributed by atoms with Crippen molar-refractivity contribution in [2.45, 2.75) is 18.2 Å². The van der Waals surface area contributed by atoms with Crippen LogP contribution in [0, 0.1) is 0 Å². The van der Waals surface area contributed by atoms with Crippen molar-refractivity contribution in [2.24, 2.45) is 5.14 Å². The van der Waals surface area contributed by atoms with Crippen molar-refractivity contribution >= 4 is 15.8 Å². The van der Waals surface area contributed by atoms with Crippen LogP contribution < -0.4 is 15.8 Å². The molecule has 6 nitrogen and oxygen atoms in total. The molecule has 7 heteroatoms. The Kier molecular flexibility index (Phi) is 5.33. The molecular formula is C10H18N4O2S. The molecular weight excluding hydrogens is 240 g/mol. The van der Waals surface area contributed by atoms with E-state index in [4.69, 9.17) is 5.14 Å². The van der Waals surface area contributed by atoms with E-state index < -0.39 is 10.0 Å². The number of hydrogen-bond donors (Lipinski definition) is 3. The third-order valence-corrected chi connectivity index (χ3v) is 3.05. The Hall–Kier alpha value is -1.18. The molecule has 4 N–H and O–H groups in total. The zero-order valence-corrected chi connectivity index (χ0v) is 10.6. The topological polar surface area (TPSA) is 97.1 Å². The molecule has 1 aromatic rings. The summed E-state index contributed by atoms with van der Waals surface area (Å²) in [6.07, 6.45) is 2.23. The Balaban J connectivity index is 2.41. The molecule has 0 saturated carbocycles. The lowest BCUT2D eigenvalue weighted by Crippen LogP contribution is -2.17. The van der Waals surface area contributed by atoms with Gasteiger partial charge in [-0.3, -0.25) is 0 Å². The van der Waals surface area contributed by atoms with E-state index in [1.807, 2.05) is 0 Å². The lowest BCUT2D eigenvalue weighted by molar-refractivity contribution is 0.597. The maximum atomic E-state index is 11.0. The fourth-order valence-corrected chi connectivity index (χ4v) is 1.72. The monoisotopic (exact) mass is 258 g/mol. The highest BCUT2D eigenvalue weighted by atomic mass is 32.2. The Morgan fingerprint density at radius 3 is 2.65 bits per heavy atom. The van der Waals surface area contributed by atoms with E-state index >= 15 is 0 Å². The SMILES string of the molecule is CCNCCCNc1ccc(S(N)(=O)=O)cn1. The number of aromatic nitrogens is 1. The van der Waals surface area contributed by atoms with Gasteiger partial charge in [-0.1, -0.05) is 6.92 Å². The third-order valence-electron chi connectivity index (χ3n) is 2.15. The minimum atomic E-state index is -3.65. The van der Waals surface area contributed by atoms with Crippen LogP contribution in [-0.4, -0.2) is 33.0 Å². The summed E-state index contributed by atoms with van der Waals surface area (Å²) >= 11 is 0. The van der Waals surface area contributed by atoms with Crippen LogP contribution >= 0.6 is 0 Å². The van der Waals surface area contributed by atoms with Crippen LogP contribution in [0.4, 0.5) is 5.82 Å². The molecule has 17 heavy (non-hydrogen) atoms. The van der Waals surface area contributed by atoms with Crippen LogP contribution in [0.2, 0.25) is 0 Å². The van der Waals surface area contributed by atoms with E-state index in [1.54, 1.807) is 6.07 Å². The fraction of sp³-hybridized carbons (Fsp3) is 0.500. The zero-order chi connectivity index (χ0) is 12.7. The molecule has 1 heterocycles. The Bertz CT molecular complexity index is 430. The molecule has 0 atom stereocenters. The minimum Gasteiger partial charge on any atom is -0.370 e. The van der Waals surface area contributed by atoms with Crippen molar-refractivity contribution in [1.29, 1.82) is 0 Å². The van der Waals surface area contributed by atoms with Gasteiger partial charge in [0.05, 0.1) is 0 Å². The van der Waals surface area contributed by atoms with Gasteiger partial charge in [0.15, 0.2) is 0 Å². The molecule has 0 amide bonds. The summed E-state index contributed by atoms with van der Waals surface area (Å²) in [5.41, 5.74) is 0. The number of nitrogens with two attached hydrogens (primary N) is 1. The number of sulfonamides is 1. The first-order valence-electron chi connectivity index (χ1n) is 5.47. The van der Waals surface area contributed by atoms with Gasteiger partial charge >= 0.3 is 0 Å². The second-order valence-electron chi connectivity index (χ2n) is 3.56. The Morgan fingerprint density at radius 2 is 2.12 bits per heavy atom. The van der Waals surface area contributed by atoms with Crippen LogP contribution in [0.1, 0.15) is 13.3 Å². The highest BCUT2D eigenvalue weighted by Crippen LogP contribution is 2.08. The van der Waals surface area contributed by atoms with Crippen LogP contribution in [0.15, 0.2) is 23.2 Å². The van der Waals surface area contributed by atoms with Crippen LogP contribution in [0.25, 0.3) is 0 Å². The lowest BCUT2D eigenvalue weighted by atomic mass is 10.4. The molecule has 0 bridgehead atoms. The van der Waals surface area contributed by atoms with Gasteiger partial charge < -0.3 is 10.6 Å². The molecule has 0 aromatic carbocycles. The Labute approximate surface area is 102 Å². The molecule has 96 valence electrons. The number of anilines is 1. The van der Waals surface area contributed by atoms with E-state index in [-0.39, 0.29) is 4.90 Å². The summed E-state index contributed by atoms with van der Waals surface area (Å²) in [4.78, 5) is 4.00. The molecule has 0 radical (unpaired) electrons. The highest BCUT2D eigenvalue weighted by Gasteiger charge is 2.07. The highest BCUT2D eigenvalue weighted by molar-refractivity contribution is 7.89. The quantitative estimate of drug-likeness (QED) is 0.604. The van der Waals surface area contributed by atoms with E-state index in [0.717, 1.165) is 26.1 Å². The predicted molar refractivity (Wildman–Crippen MR) is 67.3 cm³/mol. The molecule has 0 spiro atoms. The van der Waals surface area contributed by atoms with E-state index in [0.29, 0.717) is 5.82 Å². The minimum absolute atomic E-state index is 0.0238. The summed E-state index contributed by atoms with van der Waals surface area (Å²) in [5, 5.41) is 11.3. The summed E-state index contributed by atoms with van der Waals surface area (Å²) in [7, 11) is -3.65. The first-order chi connectivity index (χ1) is 8.04. The van der Waals surface area contributed by atoms with Gasteiger partial charge in [0.2, 0.25) is 10.0 Å². The zero-order valence-electron chi connectivity index (χ0n) is 9.81. The molecule has 0 aliphatic rings. The fourth-order valence-electron chi connectivity index (χ4n) is 1.26. The summed E-state index contributed by atoms with van der Waals surface area (Å²) in [6, 6.07) is 3.04. The predicted octanol–water partition coefficient (Wildman–Crippen LogP) is 0.141. The largest absolute Gasteiger partial charge is 0.370 e.